The summed E-state index contributed by atoms with van der Waals surface area (Å²) in [5.74, 6) is -11.8. The lowest BCUT2D eigenvalue weighted by molar-refractivity contribution is -0.117. The van der Waals surface area contributed by atoms with Crippen LogP contribution in [0.4, 0.5) is 27.6 Å². The molecule has 1 aromatic carbocycles. The maximum absolute atomic E-state index is 13.4. The number of aromatic nitrogens is 2. The minimum Gasteiger partial charge on any atom is -0.319 e. The third-order valence-electron chi connectivity index (χ3n) is 2.81. The Bertz CT molecular complexity index is 733. The third-order valence-corrected chi connectivity index (χ3v) is 3.59. The first-order valence-corrected chi connectivity index (χ1v) is 6.52. The van der Waals surface area contributed by atoms with E-state index in [2.05, 4.69) is 21.0 Å². The van der Waals surface area contributed by atoms with Crippen molar-refractivity contribution in [2.24, 2.45) is 0 Å². The zero-order valence-corrected chi connectivity index (χ0v) is 12.4. The van der Waals surface area contributed by atoms with Crippen molar-refractivity contribution in [1.82, 2.24) is 9.78 Å². The summed E-state index contributed by atoms with van der Waals surface area (Å²) in [4.78, 5) is 11.7. The van der Waals surface area contributed by atoms with Gasteiger partial charge in [0.25, 0.3) is 0 Å². The summed E-state index contributed by atoms with van der Waals surface area (Å²) in [6.45, 7) is 1.15. The number of benzene rings is 1. The van der Waals surface area contributed by atoms with Gasteiger partial charge in [-0.3, -0.25) is 9.48 Å². The summed E-state index contributed by atoms with van der Waals surface area (Å²) in [6.07, 6.45) is 1.39. The fourth-order valence-electron chi connectivity index (χ4n) is 1.61. The van der Waals surface area contributed by atoms with E-state index >= 15 is 0 Å². The summed E-state index contributed by atoms with van der Waals surface area (Å²) in [6, 6.07) is 0. The number of hydrogen-bond acceptors (Lipinski definition) is 2. The molecular weight excluding hydrogens is 377 g/mol. The van der Waals surface area contributed by atoms with Crippen LogP contribution < -0.4 is 5.32 Å². The predicted octanol–water partition coefficient (Wildman–Crippen LogP) is 3.29. The molecule has 0 atom stereocenters. The van der Waals surface area contributed by atoms with E-state index in [0.29, 0.717) is 10.2 Å². The minimum atomic E-state index is -2.29. The standard InChI is InChI=1S/C12H7BrF5N3O/c1-4-5(13)2-19-21(4)3-6(22)20-12-10(17)8(15)7(14)9(16)11(12)18/h2H,3H2,1H3,(H,20,22). The van der Waals surface area contributed by atoms with Crippen LogP contribution in [0.2, 0.25) is 0 Å². The number of hydrogen-bond donors (Lipinski definition) is 1. The van der Waals surface area contributed by atoms with E-state index in [9.17, 15) is 26.7 Å². The van der Waals surface area contributed by atoms with Crippen LogP contribution in [0.5, 0.6) is 0 Å². The van der Waals surface area contributed by atoms with Crippen LogP contribution in [0.15, 0.2) is 10.7 Å². The van der Waals surface area contributed by atoms with Crippen LogP contribution in [-0.2, 0) is 11.3 Å². The summed E-state index contributed by atoms with van der Waals surface area (Å²) in [5.41, 5.74) is -0.849. The molecule has 0 fully saturated rings. The Morgan fingerprint density at radius 2 is 1.64 bits per heavy atom. The van der Waals surface area contributed by atoms with E-state index in [1.54, 1.807) is 12.2 Å². The van der Waals surface area contributed by atoms with Gasteiger partial charge < -0.3 is 5.32 Å². The van der Waals surface area contributed by atoms with Gasteiger partial charge in [0.15, 0.2) is 23.3 Å². The maximum atomic E-state index is 13.4. The van der Waals surface area contributed by atoms with Gasteiger partial charge in [-0.05, 0) is 22.9 Å². The summed E-state index contributed by atoms with van der Waals surface area (Å²) in [5, 5.41) is 5.46. The SMILES string of the molecule is Cc1c(Br)cnn1CC(=O)Nc1c(F)c(F)c(F)c(F)c1F. The quantitative estimate of drug-likeness (QED) is 0.502. The molecule has 0 bridgehead atoms. The number of halogens is 6. The average Bonchev–Trinajstić information content (AvgIpc) is 2.79. The zero-order chi connectivity index (χ0) is 16.6. The van der Waals surface area contributed by atoms with Crippen LogP contribution in [0.25, 0.3) is 0 Å². The van der Waals surface area contributed by atoms with E-state index < -0.39 is 47.2 Å². The Morgan fingerprint density at radius 1 is 1.14 bits per heavy atom. The smallest absolute Gasteiger partial charge is 0.246 e. The van der Waals surface area contributed by atoms with Gasteiger partial charge >= 0.3 is 0 Å². The molecule has 10 heteroatoms. The second-order valence-electron chi connectivity index (χ2n) is 4.23. The topological polar surface area (TPSA) is 46.9 Å². The molecule has 0 aliphatic carbocycles. The first kappa shape index (κ1) is 16.4. The average molecular weight is 384 g/mol. The van der Waals surface area contributed by atoms with Gasteiger partial charge in [-0.1, -0.05) is 0 Å². The molecule has 1 aromatic heterocycles. The van der Waals surface area contributed by atoms with Crippen molar-refractivity contribution in [3.63, 3.8) is 0 Å². The fraction of sp³-hybridized carbons (Fsp3) is 0.167. The molecule has 2 aromatic rings. The first-order chi connectivity index (χ1) is 10.2. The van der Waals surface area contributed by atoms with Crippen molar-refractivity contribution in [3.05, 3.63) is 45.4 Å². The summed E-state index contributed by atoms with van der Waals surface area (Å²) < 4.78 is 67.5. The van der Waals surface area contributed by atoms with Crippen LogP contribution in [0.3, 0.4) is 0 Å². The van der Waals surface area contributed by atoms with Crippen molar-refractivity contribution in [2.75, 3.05) is 5.32 Å². The molecular formula is C12H7BrF5N3O. The molecule has 1 N–H and O–H groups in total. The van der Waals surface area contributed by atoms with Gasteiger partial charge in [-0.25, -0.2) is 22.0 Å². The van der Waals surface area contributed by atoms with Crippen molar-refractivity contribution >= 4 is 27.5 Å². The number of carbonyl (C=O) groups is 1. The van der Waals surface area contributed by atoms with Crippen molar-refractivity contribution in [3.8, 4) is 0 Å². The molecule has 118 valence electrons. The Labute approximate surface area is 129 Å². The number of anilines is 1. The van der Waals surface area contributed by atoms with E-state index in [1.807, 2.05) is 0 Å². The van der Waals surface area contributed by atoms with E-state index in [1.165, 1.54) is 10.9 Å². The van der Waals surface area contributed by atoms with Crippen molar-refractivity contribution in [1.29, 1.82) is 0 Å². The van der Waals surface area contributed by atoms with E-state index in [-0.39, 0.29) is 0 Å². The molecule has 1 amide bonds. The number of amides is 1. The summed E-state index contributed by atoms with van der Waals surface area (Å²) in [7, 11) is 0. The highest BCUT2D eigenvalue weighted by Crippen LogP contribution is 2.27. The largest absolute Gasteiger partial charge is 0.319 e. The van der Waals surface area contributed by atoms with Crippen LogP contribution >= 0.6 is 15.9 Å². The fourth-order valence-corrected chi connectivity index (χ4v) is 1.91. The summed E-state index contributed by atoms with van der Waals surface area (Å²) >= 11 is 3.15. The lowest BCUT2D eigenvalue weighted by Gasteiger charge is -2.10. The maximum Gasteiger partial charge on any atom is 0.246 e. The Morgan fingerprint density at radius 3 is 2.09 bits per heavy atom. The predicted molar refractivity (Wildman–Crippen MR) is 69.5 cm³/mol. The van der Waals surface area contributed by atoms with Gasteiger partial charge in [0, 0.05) is 0 Å². The molecule has 0 saturated carbocycles. The Kier molecular flexibility index (Phi) is 4.50. The highest BCUT2D eigenvalue weighted by molar-refractivity contribution is 9.10. The van der Waals surface area contributed by atoms with E-state index in [0.717, 1.165) is 0 Å². The molecule has 0 aliphatic heterocycles. The first-order valence-electron chi connectivity index (χ1n) is 5.73. The van der Waals surface area contributed by atoms with Gasteiger partial charge in [0.2, 0.25) is 11.7 Å². The van der Waals surface area contributed by atoms with Gasteiger partial charge in [0.1, 0.15) is 12.2 Å². The molecule has 0 spiro atoms. The Hall–Kier alpha value is -1.97. The third kappa shape index (κ3) is 2.82. The lowest BCUT2D eigenvalue weighted by atomic mass is 10.2. The molecule has 0 radical (unpaired) electrons. The molecule has 2 rings (SSSR count). The van der Waals surface area contributed by atoms with E-state index in [4.69, 9.17) is 0 Å². The Balaban J connectivity index is 2.28. The number of nitrogens with zero attached hydrogens (tertiary/aromatic N) is 2. The molecule has 22 heavy (non-hydrogen) atoms. The molecule has 0 saturated heterocycles. The van der Waals surface area contributed by atoms with Crippen molar-refractivity contribution in [2.45, 2.75) is 13.5 Å². The van der Waals surface area contributed by atoms with Gasteiger partial charge in [0.05, 0.1) is 16.4 Å². The van der Waals surface area contributed by atoms with Crippen molar-refractivity contribution < 1.29 is 26.7 Å². The highest BCUT2D eigenvalue weighted by atomic mass is 79.9. The second-order valence-corrected chi connectivity index (χ2v) is 5.08. The van der Waals surface area contributed by atoms with Crippen LogP contribution in [0, 0.1) is 36.0 Å². The highest BCUT2D eigenvalue weighted by Gasteiger charge is 2.27. The molecule has 0 unspecified atom stereocenters. The van der Waals surface area contributed by atoms with Gasteiger partial charge in [-0.15, -0.1) is 0 Å². The zero-order valence-electron chi connectivity index (χ0n) is 10.9. The number of carbonyl (C=O) groups excluding carboxylic acids is 1. The second kappa shape index (κ2) is 6.03. The number of nitrogens with one attached hydrogen (secondary N) is 1. The van der Waals surface area contributed by atoms with Crippen LogP contribution in [0.1, 0.15) is 5.69 Å². The molecule has 1 heterocycles. The monoisotopic (exact) mass is 383 g/mol. The molecule has 4 nitrogen and oxygen atoms in total. The number of rotatable bonds is 3. The van der Waals surface area contributed by atoms with Crippen LogP contribution in [-0.4, -0.2) is 15.7 Å². The van der Waals surface area contributed by atoms with Gasteiger partial charge in [-0.2, -0.15) is 5.10 Å². The minimum absolute atomic E-state index is 0.461. The molecule has 0 aliphatic rings. The normalized spacial score (nSPS) is 10.9. The lowest BCUT2D eigenvalue weighted by Crippen LogP contribution is -2.22.